The van der Waals surface area contributed by atoms with Crippen LogP contribution in [0.25, 0.3) is 0 Å². The van der Waals surface area contributed by atoms with Gasteiger partial charge in [-0.05, 0) is 37.3 Å². The number of ether oxygens (including phenoxy) is 2. The summed E-state index contributed by atoms with van der Waals surface area (Å²) in [6.07, 6.45) is 1.40. The van der Waals surface area contributed by atoms with Crippen LogP contribution in [0.3, 0.4) is 0 Å². The maximum Gasteiger partial charge on any atom is 0.344 e. The molecule has 0 heterocycles. The number of amides is 1. The van der Waals surface area contributed by atoms with Gasteiger partial charge in [-0.25, -0.2) is 10.2 Å². The third-order valence-corrected chi connectivity index (χ3v) is 3.05. The van der Waals surface area contributed by atoms with Gasteiger partial charge in [0.25, 0.3) is 5.91 Å². The second-order valence-corrected chi connectivity index (χ2v) is 4.88. The number of hydrogen-bond acceptors (Lipinski definition) is 6. The number of hydrazone groups is 1. The number of aromatic hydroxyl groups is 1. The zero-order chi connectivity index (χ0) is 18.1. The summed E-state index contributed by atoms with van der Waals surface area (Å²) >= 11 is 0. The minimum absolute atomic E-state index is 0.00524. The maximum absolute atomic E-state index is 11.9. The molecule has 2 aromatic rings. The second-order valence-electron chi connectivity index (χ2n) is 4.88. The quantitative estimate of drug-likeness (QED) is 0.456. The fraction of sp³-hybridized carbons (Fsp3) is 0.167. The van der Waals surface area contributed by atoms with E-state index < -0.39 is 11.9 Å². The van der Waals surface area contributed by atoms with Gasteiger partial charge in [-0.15, -0.1) is 0 Å². The molecule has 0 unspecified atom stereocenters. The second kappa shape index (κ2) is 9.07. The zero-order valence-electron chi connectivity index (χ0n) is 13.6. The number of carbonyl (C=O) groups excluding carboxylic acids is 2. The van der Waals surface area contributed by atoms with E-state index in [2.05, 4.69) is 10.5 Å². The van der Waals surface area contributed by atoms with Crippen LogP contribution >= 0.6 is 0 Å². The van der Waals surface area contributed by atoms with Crippen LogP contribution in [0.5, 0.6) is 11.5 Å². The number of nitrogens with zero attached hydrogens (tertiary/aromatic N) is 1. The molecule has 25 heavy (non-hydrogen) atoms. The van der Waals surface area contributed by atoms with Crippen LogP contribution in [0.1, 0.15) is 22.8 Å². The summed E-state index contributed by atoms with van der Waals surface area (Å²) in [6.45, 7) is 1.79. The average molecular weight is 342 g/mol. The lowest BCUT2D eigenvalue weighted by molar-refractivity contribution is -0.145. The van der Waals surface area contributed by atoms with E-state index in [-0.39, 0.29) is 24.5 Å². The van der Waals surface area contributed by atoms with Crippen LogP contribution in [0, 0.1) is 0 Å². The Morgan fingerprint density at radius 2 is 2.00 bits per heavy atom. The third-order valence-electron chi connectivity index (χ3n) is 3.05. The van der Waals surface area contributed by atoms with E-state index in [0.717, 1.165) is 0 Å². The molecule has 0 aliphatic carbocycles. The first-order valence-corrected chi connectivity index (χ1v) is 7.60. The molecule has 0 aromatic heterocycles. The lowest BCUT2D eigenvalue weighted by atomic mass is 10.2. The van der Waals surface area contributed by atoms with Crippen molar-refractivity contribution in [2.45, 2.75) is 6.92 Å². The summed E-state index contributed by atoms with van der Waals surface area (Å²) in [7, 11) is 0. The number of para-hydroxylation sites is 1. The molecule has 7 heteroatoms. The van der Waals surface area contributed by atoms with Gasteiger partial charge < -0.3 is 14.6 Å². The maximum atomic E-state index is 11.9. The van der Waals surface area contributed by atoms with Gasteiger partial charge in [0.15, 0.2) is 6.61 Å². The Hall–Kier alpha value is -3.35. The van der Waals surface area contributed by atoms with Crippen molar-refractivity contribution in [3.8, 4) is 11.5 Å². The highest BCUT2D eigenvalue weighted by Crippen LogP contribution is 2.16. The molecule has 7 nitrogen and oxygen atoms in total. The average Bonchev–Trinajstić information content (AvgIpc) is 2.61. The molecule has 2 aromatic carbocycles. The van der Waals surface area contributed by atoms with Crippen LogP contribution in [0.4, 0.5) is 0 Å². The van der Waals surface area contributed by atoms with Crippen molar-refractivity contribution in [1.29, 1.82) is 0 Å². The molecule has 130 valence electrons. The Morgan fingerprint density at radius 1 is 1.20 bits per heavy atom. The van der Waals surface area contributed by atoms with Crippen molar-refractivity contribution < 1.29 is 24.2 Å². The normalized spacial score (nSPS) is 10.4. The summed E-state index contributed by atoms with van der Waals surface area (Å²) in [5.41, 5.74) is 3.23. The Kier molecular flexibility index (Phi) is 6.53. The van der Waals surface area contributed by atoms with Crippen LogP contribution in [-0.2, 0) is 9.53 Å². The Bertz CT molecular complexity index is 774. The Labute approximate surface area is 144 Å². The lowest BCUT2D eigenvalue weighted by Crippen LogP contribution is -2.18. The summed E-state index contributed by atoms with van der Waals surface area (Å²) in [4.78, 5) is 23.3. The minimum Gasteiger partial charge on any atom is -0.508 e. The third kappa shape index (κ3) is 5.65. The molecule has 2 N–H and O–H groups in total. The molecule has 0 saturated carbocycles. The molecule has 0 aliphatic rings. The number of esters is 1. The highest BCUT2D eigenvalue weighted by molar-refractivity contribution is 5.95. The number of phenolic OH excluding ortho intramolecular Hbond substituents is 1. The van der Waals surface area contributed by atoms with E-state index in [0.29, 0.717) is 11.3 Å². The van der Waals surface area contributed by atoms with Gasteiger partial charge in [0.05, 0.1) is 12.8 Å². The Balaban J connectivity index is 1.98. The topological polar surface area (TPSA) is 97.2 Å². The molecule has 0 radical (unpaired) electrons. The van der Waals surface area contributed by atoms with Crippen molar-refractivity contribution in [3.63, 3.8) is 0 Å². The smallest absolute Gasteiger partial charge is 0.344 e. The number of nitrogens with one attached hydrogen (secondary N) is 1. The van der Waals surface area contributed by atoms with Crippen molar-refractivity contribution in [2.75, 3.05) is 13.2 Å². The molecular weight excluding hydrogens is 324 g/mol. The van der Waals surface area contributed by atoms with Gasteiger partial charge in [0.1, 0.15) is 11.5 Å². The summed E-state index contributed by atoms with van der Waals surface area (Å²) in [6, 6.07) is 12.9. The van der Waals surface area contributed by atoms with Crippen LogP contribution < -0.4 is 10.2 Å². The number of carbonyl (C=O) groups is 2. The zero-order valence-corrected chi connectivity index (χ0v) is 13.6. The van der Waals surface area contributed by atoms with Crippen molar-refractivity contribution in [3.05, 3.63) is 59.7 Å². The van der Waals surface area contributed by atoms with Crippen molar-refractivity contribution in [2.24, 2.45) is 5.10 Å². The highest BCUT2D eigenvalue weighted by Gasteiger charge is 2.07. The number of rotatable bonds is 7. The molecular formula is C18H18N2O5. The molecule has 0 bridgehead atoms. The van der Waals surface area contributed by atoms with Gasteiger partial charge in [0.2, 0.25) is 0 Å². The van der Waals surface area contributed by atoms with E-state index in [1.165, 1.54) is 18.3 Å². The van der Waals surface area contributed by atoms with E-state index in [1.54, 1.807) is 43.3 Å². The minimum atomic E-state index is -0.466. The molecule has 0 aliphatic heterocycles. The van der Waals surface area contributed by atoms with Gasteiger partial charge in [-0.1, -0.05) is 18.2 Å². The number of benzene rings is 2. The van der Waals surface area contributed by atoms with E-state index in [9.17, 15) is 14.7 Å². The predicted molar refractivity (Wildman–Crippen MR) is 91.7 cm³/mol. The van der Waals surface area contributed by atoms with Gasteiger partial charge in [-0.3, -0.25) is 4.79 Å². The van der Waals surface area contributed by atoms with Gasteiger partial charge in [0, 0.05) is 11.1 Å². The van der Waals surface area contributed by atoms with Crippen LogP contribution in [0.15, 0.2) is 53.6 Å². The molecule has 0 saturated heterocycles. The molecule has 0 spiro atoms. The van der Waals surface area contributed by atoms with E-state index in [4.69, 9.17) is 9.47 Å². The largest absolute Gasteiger partial charge is 0.508 e. The SMILES string of the molecule is CCOC(=O)COc1ccccc1C=NNC(=O)c1cccc(O)c1. The molecule has 0 atom stereocenters. The van der Waals surface area contributed by atoms with Crippen molar-refractivity contribution >= 4 is 18.1 Å². The first kappa shape index (κ1) is 18.0. The standard InChI is InChI=1S/C18H18N2O5/c1-2-24-17(22)12-25-16-9-4-3-6-14(16)11-19-20-18(23)13-7-5-8-15(21)10-13/h3-11,21H,2,12H2,1H3,(H,20,23). The van der Waals surface area contributed by atoms with E-state index in [1.807, 2.05) is 0 Å². The fourth-order valence-corrected chi connectivity index (χ4v) is 1.93. The molecule has 2 rings (SSSR count). The molecule has 1 amide bonds. The first-order valence-electron chi connectivity index (χ1n) is 7.60. The first-order chi connectivity index (χ1) is 12.1. The van der Waals surface area contributed by atoms with Crippen LogP contribution in [-0.4, -0.2) is 36.4 Å². The van der Waals surface area contributed by atoms with Gasteiger partial charge in [-0.2, -0.15) is 5.10 Å². The highest BCUT2D eigenvalue weighted by atomic mass is 16.6. The van der Waals surface area contributed by atoms with Crippen LogP contribution in [0.2, 0.25) is 0 Å². The van der Waals surface area contributed by atoms with Gasteiger partial charge >= 0.3 is 5.97 Å². The Morgan fingerprint density at radius 3 is 2.76 bits per heavy atom. The molecule has 0 fully saturated rings. The van der Waals surface area contributed by atoms with E-state index >= 15 is 0 Å². The summed E-state index contributed by atoms with van der Waals surface area (Å²) in [5, 5.41) is 13.2. The summed E-state index contributed by atoms with van der Waals surface area (Å²) in [5.74, 6) is -0.497. The fourth-order valence-electron chi connectivity index (χ4n) is 1.93. The monoisotopic (exact) mass is 342 g/mol. The predicted octanol–water partition coefficient (Wildman–Crippen LogP) is 2.10. The number of phenols is 1. The lowest BCUT2D eigenvalue weighted by Gasteiger charge is -2.08. The van der Waals surface area contributed by atoms with Crippen molar-refractivity contribution in [1.82, 2.24) is 5.43 Å². The number of hydrogen-bond donors (Lipinski definition) is 2. The summed E-state index contributed by atoms with van der Waals surface area (Å²) < 4.78 is 10.2.